The van der Waals surface area contributed by atoms with Gasteiger partial charge in [-0.3, -0.25) is 9.69 Å². The van der Waals surface area contributed by atoms with E-state index in [1.165, 1.54) is 22.7 Å². The molecule has 1 aliphatic heterocycles. The fraction of sp³-hybridized carbons (Fsp3) is 0.160. The van der Waals surface area contributed by atoms with Crippen LogP contribution in [0.5, 0.6) is 5.75 Å². The van der Waals surface area contributed by atoms with E-state index in [4.69, 9.17) is 22.1 Å². The second-order valence-corrected chi connectivity index (χ2v) is 8.96. The molecular weight excluding hydrogens is 457 g/mol. The lowest BCUT2D eigenvalue weighted by Gasteiger charge is -2.10. The minimum absolute atomic E-state index is 0.183. The predicted molar refractivity (Wildman–Crippen MR) is 135 cm³/mol. The molecule has 0 atom stereocenters. The van der Waals surface area contributed by atoms with Crippen molar-refractivity contribution < 1.29 is 13.9 Å². The molecule has 1 aromatic heterocycles. The third kappa shape index (κ3) is 4.91. The molecule has 168 valence electrons. The minimum atomic E-state index is -0.460. The summed E-state index contributed by atoms with van der Waals surface area (Å²) in [5, 5.41) is 4.71. The van der Waals surface area contributed by atoms with Crippen LogP contribution in [0.1, 0.15) is 18.9 Å². The molecule has 5 nitrogen and oxygen atoms in total. The number of para-hydroxylation sites is 1. The predicted octanol–water partition coefficient (Wildman–Crippen LogP) is 5.85. The van der Waals surface area contributed by atoms with Crippen LogP contribution in [0.15, 0.2) is 72.3 Å². The molecule has 1 aliphatic rings. The zero-order valence-electron chi connectivity index (χ0n) is 18.0. The Kier molecular flexibility index (Phi) is 7.05. The van der Waals surface area contributed by atoms with E-state index in [1.807, 2.05) is 43.5 Å². The quantitative estimate of drug-likeness (QED) is 0.230. The van der Waals surface area contributed by atoms with E-state index in [0.29, 0.717) is 39.2 Å². The number of thioether (sulfide) groups is 1. The standard InChI is InChI=1S/C25H22FN3O2S2/c1-3-12-28-24(30)22(33-25(28)32)15-18-16-29(19-8-6-5-7-9-19)27-23(18)17-10-11-21(20(26)14-17)31-13-4-2/h3,5-11,14-16H,1,4,12-13H2,2H3. The average Bonchev–Trinajstić information content (AvgIpc) is 3.36. The number of carbonyl (C=O) groups is 1. The third-order valence-electron chi connectivity index (χ3n) is 4.90. The van der Waals surface area contributed by atoms with Gasteiger partial charge in [0.25, 0.3) is 5.91 Å². The Morgan fingerprint density at radius 2 is 2.03 bits per heavy atom. The van der Waals surface area contributed by atoms with Crippen molar-refractivity contribution in [1.82, 2.24) is 14.7 Å². The van der Waals surface area contributed by atoms with Crippen molar-refractivity contribution in [2.75, 3.05) is 13.2 Å². The average molecular weight is 480 g/mol. The summed E-state index contributed by atoms with van der Waals surface area (Å²) in [5.41, 5.74) is 2.66. The number of aromatic nitrogens is 2. The normalized spacial score (nSPS) is 14.8. The maximum atomic E-state index is 14.7. The van der Waals surface area contributed by atoms with Crippen LogP contribution in [0.4, 0.5) is 4.39 Å². The first-order valence-electron chi connectivity index (χ1n) is 10.5. The SMILES string of the molecule is C=CCN1C(=O)C(=Cc2cn(-c3ccccc3)nc2-c2ccc(OCCC)c(F)c2)SC1=S. The molecule has 8 heteroatoms. The number of ether oxygens (including phenoxy) is 1. The largest absolute Gasteiger partial charge is 0.491 e. The molecule has 1 saturated heterocycles. The van der Waals surface area contributed by atoms with E-state index in [9.17, 15) is 9.18 Å². The van der Waals surface area contributed by atoms with Crippen LogP contribution in [0.3, 0.4) is 0 Å². The highest BCUT2D eigenvalue weighted by molar-refractivity contribution is 8.26. The first kappa shape index (κ1) is 22.9. The third-order valence-corrected chi connectivity index (χ3v) is 6.28. The summed E-state index contributed by atoms with van der Waals surface area (Å²) in [5.74, 6) is -0.439. The second-order valence-electron chi connectivity index (χ2n) is 7.29. The van der Waals surface area contributed by atoms with Crippen molar-refractivity contribution in [2.24, 2.45) is 0 Å². The molecule has 1 fully saturated rings. The highest BCUT2D eigenvalue weighted by atomic mass is 32.2. The molecule has 0 unspecified atom stereocenters. The lowest BCUT2D eigenvalue weighted by molar-refractivity contribution is -0.121. The molecule has 2 heterocycles. The molecule has 33 heavy (non-hydrogen) atoms. The minimum Gasteiger partial charge on any atom is -0.491 e. The Balaban J connectivity index is 1.78. The first-order valence-corrected chi connectivity index (χ1v) is 11.7. The van der Waals surface area contributed by atoms with Crippen molar-refractivity contribution in [3.8, 4) is 22.7 Å². The van der Waals surface area contributed by atoms with E-state index in [2.05, 4.69) is 6.58 Å². The van der Waals surface area contributed by atoms with Gasteiger partial charge in [0.05, 0.1) is 17.2 Å². The lowest BCUT2D eigenvalue weighted by Crippen LogP contribution is -2.27. The molecule has 0 bridgehead atoms. The first-order chi connectivity index (χ1) is 16.0. The summed E-state index contributed by atoms with van der Waals surface area (Å²) in [6, 6.07) is 14.4. The topological polar surface area (TPSA) is 47.4 Å². The Morgan fingerprint density at radius 3 is 2.73 bits per heavy atom. The van der Waals surface area contributed by atoms with Gasteiger partial charge in [-0.05, 0) is 42.8 Å². The molecule has 0 aliphatic carbocycles. The highest BCUT2D eigenvalue weighted by Gasteiger charge is 2.31. The van der Waals surface area contributed by atoms with Gasteiger partial charge in [-0.25, -0.2) is 9.07 Å². The summed E-state index contributed by atoms with van der Waals surface area (Å²) >= 11 is 6.58. The smallest absolute Gasteiger partial charge is 0.266 e. The number of carbonyl (C=O) groups excluding carboxylic acids is 1. The summed E-state index contributed by atoms with van der Waals surface area (Å²) in [4.78, 5) is 14.8. The van der Waals surface area contributed by atoms with E-state index < -0.39 is 5.82 Å². The van der Waals surface area contributed by atoms with Crippen LogP contribution in [-0.4, -0.2) is 38.1 Å². The van der Waals surface area contributed by atoms with Crippen LogP contribution >= 0.6 is 24.0 Å². The van der Waals surface area contributed by atoms with Crippen molar-refractivity contribution in [2.45, 2.75) is 13.3 Å². The number of halogens is 1. The molecule has 1 amide bonds. The maximum Gasteiger partial charge on any atom is 0.266 e. The van der Waals surface area contributed by atoms with Gasteiger partial charge in [0.1, 0.15) is 10.0 Å². The summed E-state index contributed by atoms with van der Waals surface area (Å²) < 4.78 is 22.4. The molecule has 0 spiro atoms. The highest BCUT2D eigenvalue weighted by Crippen LogP contribution is 2.35. The van der Waals surface area contributed by atoms with Crippen molar-refractivity contribution >= 4 is 40.3 Å². The number of thiocarbonyl (C=S) groups is 1. The van der Waals surface area contributed by atoms with E-state index >= 15 is 0 Å². The zero-order valence-corrected chi connectivity index (χ0v) is 19.7. The monoisotopic (exact) mass is 479 g/mol. The van der Waals surface area contributed by atoms with Crippen molar-refractivity contribution in [3.63, 3.8) is 0 Å². The number of nitrogens with zero attached hydrogens (tertiary/aromatic N) is 3. The number of hydrogen-bond donors (Lipinski definition) is 0. The van der Waals surface area contributed by atoms with Gasteiger partial charge >= 0.3 is 0 Å². The Morgan fingerprint density at radius 1 is 1.24 bits per heavy atom. The van der Waals surface area contributed by atoms with Crippen molar-refractivity contribution in [3.05, 3.63) is 83.7 Å². The van der Waals surface area contributed by atoms with Crippen LogP contribution in [0.25, 0.3) is 23.0 Å². The van der Waals surface area contributed by atoms with Gasteiger partial charge in [-0.2, -0.15) is 5.10 Å². The number of amides is 1. The summed E-state index contributed by atoms with van der Waals surface area (Å²) in [6.45, 7) is 6.44. The molecule has 0 saturated carbocycles. The lowest BCUT2D eigenvalue weighted by atomic mass is 10.1. The molecule has 4 rings (SSSR count). The van der Waals surface area contributed by atoms with E-state index in [1.54, 1.807) is 29.0 Å². The fourth-order valence-electron chi connectivity index (χ4n) is 3.34. The number of benzene rings is 2. The van der Waals surface area contributed by atoms with Gasteiger partial charge in [-0.15, -0.1) is 6.58 Å². The van der Waals surface area contributed by atoms with Crippen LogP contribution in [0, 0.1) is 5.82 Å². The van der Waals surface area contributed by atoms with E-state index in [0.717, 1.165) is 12.1 Å². The Labute approximate surface area is 201 Å². The summed E-state index contributed by atoms with van der Waals surface area (Å²) in [6.07, 6.45) is 6.00. The second kappa shape index (κ2) is 10.1. The van der Waals surface area contributed by atoms with E-state index in [-0.39, 0.29) is 11.7 Å². The molecule has 3 aromatic rings. The van der Waals surface area contributed by atoms with Crippen molar-refractivity contribution in [1.29, 1.82) is 0 Å². The molecule has 2 aromatic carbocycles. The van der Waals surface area contributed by atoms with Gasteiger partial charge in [0.15, 0.2) is 11.6 Å². The van der Waals surface area contributed by atoms with Gasteiger partial charge in [0.2, 0.25) is 0 Å². The van der Waals surface area contributed by atoms with Crippen LogP contribution < -0.4 is 4.74 Å². The number of hydrogen-bond acceptors (Lipinski definition) is 5. The molecule has 0 radical (unpaired) electrons. The van der Waals surface area contributed by atoms with Gasteiger partial charge in [0, 0.05) is 23.9 Å². The maximum absolute atomic E-state index is 14.7. The van der Waals surface area contributed by atoms with Gasteiger partial charge < -0.3 is 4.74 Å². The Hall–Kier alpha value is -3.23. The van der Waals surface area contributed by atoms with Crippen LogP contribution in [-0.2, 0) is 4.79 Å². The zero-order chi connectivity index (χ0) is 23.4. The Bertz CT molecular complexity index is 1240. The fourth-order valence-corrected chi connectivity index (χ4v) is 4.60. The van der Waals surface area contributed by atoms with Crippen LogP contribution in [0.2, 0.25) is 0 Å². The summed E-state index contributed by atoms with van der Waals surface area (Å²) in [7, 11) is 0. The number of rotatable bonds is 8. The molecular formula is C25H22FN3O2S2. The van der Waals surface area contributed by atoms with Gasteiger partial charge in [-0.1, -0.05) is 55.2 Å². The molecule has 0 N–H and O–H groups in total.